The highest BCUT2D eigenvalue weighted by atomic mass is 16.2. The molecule has 2 amide bonds. The van der Waals surface area contributed by atoms with Gasteiger partial charge in [0.15, 0.2) is 0 Å². The summed E-state index contributed by atoms with van der Waals surface area (Å²) < 4.78 is 0. The van der Waals surface area contributed by atoms with E-state index in [-0.39, 0.29) is 11.8 Å². The molecule has 138 valence electrons. The molecule has 5 nitrogen and oxygen atoms in total. The molecule has 0 bridgehead atoms. The van der Waals surface area contributed by atoms with Crippen molar-refractivity contribution < 1.29 is 9.59 Å². The Morgan fingerprint density at radius 2 is 1.80 bits per heavy atom. The number of para-hydroxylation sites is 1. The van der Waals surface area contributed by atoms with Crippen LogP contribution in [0.4, 0.5) is 5.69 Å². The summed E-state index contributed by atoms with van der Waals surface area (Å²) in [5, 5.41) is 2.92. The van der Waals surface area contributed by atoms with E-state index >= 15 is 0 Å². The Kier molecular flexibility index (Phi) is 7.92. The smallest absolute Gasteiger partial charge is 0.255 e. The van der Waals surface area contributed by atoms with Gasteiger partial charge in [0, 0.05) is 19.5 Å². The highest BCUT2D eigenvalue weighted by molar-refractivity contribution is 6.03. The summed E-state index contributed by atoms with van der Waals surface area (Å²) in [6.45, 7) is 4.52. The van der Waals surface area contributed by atoms with E-state index in [2.05, 4.69) is 12.2 Å². The van der Waals surface area contributed by atoms with E-state index in [0.29, 0.717) is 30.1 Å². The molecule has 1 aromatic rings. The maximum Gasteiger partial charge on any atom is 0.255 e. The van der Waals surface area contributed by atoms with Crippen LogP contribution in [0.25, 0.3) is 0 Å². The van der Waals surface area contributed by atoms with Gasteiger partial charge in [-0.05, 0) is 50.3 Å². The normalized spacial score (nSPS) is 15.2. The summed E-state index contributed by atoms with van der Waals surface area (Å²) in [7, 11) is 0. The van der Waals surface area contributed by atoms with E-state index in [1.54, 1.807) is 6.07 Å². The van der Waals surface area contributed by atoms with E-state index in [4.69, 9.17) is 5.73 Å². The molecule has 0 aromatic heterocycles. The lowest BCUT2D eigenvalue weighted by atomic mass is 9.98. The molecule has 5 heteroatoms. The van der Waals surface area contributed by atoms with Crippen molar-refractivity contribution in [2.75, 3.05) is 25.0 Å². The van der Waals surface area contributed by atoms with Crippen molar-refractivity contribution in [2.24, 2.45) is 11.7 Å². The van der Waals surface area contributed by atoms with Crippen molar-refractivity contribution in [3.05, 3.63) is 29.8 Å². The van der Waals surface area contributed by atoms with E-state index in [0.717, 1.165) is 51.6 Å². The lowest BCUT2D eigenvalue weighted by Crippen LogP contribution is -2.38. The van der Waals surface area contributed by atoms with E-state index in [9.17, 15) is 9.59 Å². The first-order valence-corrected chi connectivity index (χ1v) is 9.50. The van der Waals surface area contributed by atoms with Crippen LogP contribution in [0.2, 0.25) is 0 Å². The number of rotatable bonds is 8. The van der Waals surface area contributed by atoms with Gasteiger partial charge in [0.1, 0.15) is 0 Å². The minimum atomic E-state index is -0.0275. The zero-order valence-electron chi connectivity index (χ0n) is 15.3. The second kappa shape index (κ2) is 10.2. The quantitative estimate of drug-likeness (QED) is 0.709. The Bertz CT molecular complexity index is 566. The molecule has 0 saturated carbocycles. The fourth-order valence-electron chi connectivity index (χ4n) is 3.16. The Hall–Kier alpha value is -1.88. The lowest BCUT2D eigenvalue weighted by Gasteiger charge is -2.30. The number of carbonyl (C=O) groups excluding carboxylic acids is 2. The van der Waals surface area contributed by atoms with Gasteiger partial charge < -0.3 is 16.0 Å². The molecule has 2 rings (SSSR count). The third-order valence-corrected chi connectivity index (χ3v) is 4.86. The Morgan fingerprint density at radius 1 is 1.12 bits per heavy atom. The van der Waals surface area contributed by atoms with Gasteiger partial charge >= 0.3 is 0 Å². The molecule has 0 spiro atoms. The van der Waals surface area contributed by atoms with Crippen molar-refractivity contribution in [1.29, 1.82) is 0 Å². The third kappa shape index (κ3) is 6.16. The molecule has 0 atom stereocenters. The number of unbranched alkanes of at least 4 members (excludes halogenated alkanes) is 3. The second-order valence-electron chi connectivity index (χ2n) is 7.02. The van der Waals surface area contributed by atoms with Crippen LogP contribution in [-0.4, -0.2) is 36.3 Å². The van der Waals surface area contributed by atoms with Crippen LogP contribution in [0.1, 0.15) is 62.2 Å². The molecule has 0 radical (unpaired) electrons. The SMILES string of the molecule is CC1CCN(C(=O)c2ccccc2NC(=O)CCCCCCN)CC1. The summed E-state index contributed by atoms with van der Waals surface area (Å²) >= 11 is 0. The molecule has 1 aromatic carbocycles. The van der Waals surface area contributed by atoms with Crippen molar-refractivity contribution in [2.45, 2.75) is 51.9 Å². The first-order valence-electron chi connectivity index (χ1n) is 9.50. The number of hydrogen-bond acceptors (Lipinski definition) is 3. The number of anilines is 1. The van der Waals surface area contributed by atoms with Crippen LogP contribution in [0.15, 0.2) is 24.3 Å². The monoisotopic (exact) mass is 345 g/mol. The zero-order valence-corrected chi connectivity index (χ0v) is 15.3. The van der Waals surface area contributed by atoms with Gasteiger partial charge in [0.25, 0.3) is 5.91 Å². The number of carbonyl (C=O) groups is 2. The molecule has 25 heavy (non-hydrogen) atoms. The second-order valence-corrected chi connectivity index (χ2v) is 7.02. The van der Waals surface area contributed by atoms with Gasteiger partial charge in [0.05, 0.1) is 11.3 Å². The molecule has 1 saturated heterocycles. The highest BCUT2D eigenvalue weighted by Crippen LogP contribution is 2.22. The van der Waals surface area contributed by atoms with Crippen molar-refractivity contribution in [3.63, 3.8) is 0 Å². The summed E-state index contributed by atoms with van der Waals surface area (Å²) in [5.74, 6) is 0.671. The largest absolute Gasteiger partial charge is 0.339 e. The molecule has 0 aliphatic carbocycles. The summed E-state index contributed by atoms with van der Waals surface area (Å²) in [6, 6.07) is 7.32. The topological polar surface area (TPSA) is 75.4 Å². The molecular weight excluding hydrogens is 314 g/mol. The van der Waals surface area contributed by atoms with Gasteiger partial charge in [-0.3, -0.25) is 9.59 Å². The minimum absolute atomic E-state index is 0.0192. The van der Waals surface area contributed by atoms with Crippen molar-refractivity contribution in [1.82, 2.24) is 4.90 Å². The number of nitrogens with two attached hydrogens (primary N) is 1. The molecule has 1 fully saturated rings. The fourth-order valence-corrected chi connectivity index (χ4v) is 3.16. The van der Waals surface area contributed by atoms with Gasteiger partial charge in [-0.2, -0.15) is 0 Å². The van der Waals surface area contributed by atoms with Crippen LogP contribution < -0.4 is 11.1 Å². The van der Waals surface area contributed by atoms with E-state index in [1.165, 1.54) is 0 Å². The van der Waals surface area contributed by atoms with Crippen LogP contribution in [0.5, 0.6) is 0 Å². The van der Waals surface area contributed by atoms with Crippen LogP contribution >= 0.6 is 0 Å². The predicted molar refractivity (Wildman–Crippen MR) is 102 cm³/mol. The number of benzene rings is 1. The molecular formula is C20H31N3O2. The third-order valence-electron chi connectivity index (χ3n) is 4.86. The van der Waals surface area contributed by atoms with Crippen LogP contribution in [0.3, 0.4) is 0 Å². The van der Waals surface area contributed by atoms with Gasteiger partial charge in [0.2, 0.25) is 5.91 Å². The first-order chi connectivity index (χ1) is 12.1. The number of nitrogens with one attached hydrogen (secondary N) is 1. The highest BCUT2D eigenvalue weighted by Gasteiger charge is 2.23. The number of piperidine rings is 1. The maximum atomic E-state index is 12.8. The standard InChI is InChI=1S/C20H31N3O2/c1-16-11-14-23(15-12-16)20(25)17-8-5-6-9-18(17)22-19(24)10-4-2-3-7-13-21/h5-6,8-9,16H,2-4,7,10-15,21H2,1H3,(H,22,24). The first kappa shape index (κ1) is 19.4. The Morgan fingerprint density at radius 3 is 2.52 bits per heavy atom. The maximum absolute atomic E-state index is 12.8. The van der Waals surface area contributed by atoms with Crippen LogP contribution in [-0.2, 0) is 4.79 Å². The number of likely N-dealkylation sites (tertiary alicyclic amines) is 1. The van der Waals surface area contributed by atoms with Crippen molar-refractivity contribution in [3.8, 4) is 0 Å². The number of amides is 2. The fraction of sp³-hybridized carbons (Fsp3) is 0.600. The minimum Gasteiger partial charge on any atom is -0.339 e. The summed E-state index contributed by atoms with van der Waals surface area (Å²) in [6.07, 6.45) is 6.50. The van der Waals surface area contributed by atoms with Crippen molar-refractivity contribution >= 4 is 17.5 Å². The van der Waals surface area contributed by atoms with E-state index in [1.807, 2.05) is 23.1 Å². The Labute approximate surface area is 151 Å². The average molecular weight is 345 g/mol. The number of nitrogens with zero attached hydrogens (tertiary/aromatic N) is 1. The number of hydrogen-bond donors (Lipinski definition) is 2. The van der Waals surface area contributed by atoms with Gasteiger partial charge in [-0.25, -0.2) is 0 Å². The molecule has 1 aliphatic heterocycles. The summed E-state index contributed by atoms with van der Waals surface area (Å²) in [4.78, 5) is 26.9. The van der Waals surface area contributed by atoms with Gasteiger partial charge in [-0.15, -0.1) is 0 Å². The predicted octanol–water partition coefficient (Wildman–Crippen LogP) is 3.41. The zero-order chi connectivity index (χ0) is 18.1. The molecule has 1 aliphatic rings. The van der Waals surface area contributed by atoms with E-state index < -0.39 is 0 Å². The van der Waals surface area contributed by atoms with Crippen LogP contribution in [0, 0.1) is 5.92 Å². The van der Waals surface area contributed by atoms with Gasteiger partial charge in [-0.1, -0.05) is 31.9 Å². The summed E-state index contributed by atoms with van der Waals surface area (Å²) in [5.41, 5.74) is 6.69. The molecule has 3 N–H and O–H groups in total. The molecule has 1 heterocycles. The molecule has 0 unspecified atom stereocenters. The Balaban J connectivity index is 1.91. The average Bonchev–Trinajstić information content (AvgIpc) is 2.62. The lowest BCUT2D eigenvalue weighted by molar-refractivity contribution is -0.116.